The number of amides is 2. The summed E-state index contributed by atoms with van der Waals surface area (Å²) in [5.41, 5.74) is 6.97. The Morgan fingerprint density at radius 2 is 1.86 bits per heavy atom. The lowest BCUT2D eigenvalue weighted by atomic mass is 10.1. The maximum Gasteiger partial charge on any atom is 0.408 e. The lowest BCUT2D eigenvalue weighted by Gasteiger charge is -2.15. The largest absolute Gasteiger partial charge is 0.445 e. The minimum atomic E-state index is -0.840. The molecule has 0 saturated heterocycles. The second-order valence-corrected chi connectivity index (χ2v) is 4.73. The molecule has 1 aromatic heterocycles. The number of hydrogen-bond acceptors (Lipinski definition) is 4. The maximum atomic E-state index is 11.8. The summed E-state index contributed by atoms with van der Waals surface area (Å²) in [6, 6.07) is 12.0. The fourth-order valence-corrected chi connectivity index (χ4v) is 1.88. The SMILES string of the molecule is NC(=O)C(Cc1cccnc1)NC(=O)OCc1ccccc1. The van der Waals surface area contributed by atoms with E-state index in [-0.39, 0.29) is 13.0 Å². The van der Waals surface area contributed by atoms with Crippen LogP contribution in [0.1, 0.15) is 11.1 Å². The van der Waals surface area contributed by atoms with Crippen molar-refractivity contribution >= 4 is 12.0 Å². The molecule has 22 heavy (non-hydrogen) atoms. The van der Waals surface area contributed by atoms with Gasteiger partial charge in [0.25, 0.3) is 0 Å². The van der Waals surface area contributed by atoms with Crippen LogP contribution in [0.3, 0.4) is 0 Å². The number of benzene rings is 1. The molecule has 0 fully saturated rings. The van der Waals surface area contributed by atoms with Crippen molar-refractivity contribution in [1.29, 1.82) is 0 Å². The number of alkyl carbamates (subject to hydrolysis) is 1. The zero-order chi connectivity index (χ0) is 15.8. The molecule has 6 nitrogen and oxygen atoms in total. The maximum absolute atomic E-state index is 11.8. The molecule has 3 N–H and O–H groups in total. The Balaban J connectivity index is 1.88. The zero-order valence-electron chi connectivity index (χ0n) is 11.9. The van der Waals surface area contributed by atoms with Gasteiger partial charge in [-0.3, -0.25) is 9.78 Å². The molecule has 0 bridgehead atoms. The van der Waals surface area contributed by atoms with E-state index in [2.05, 4.69) is 10.3 Å². The summed E-state index contributed by atoms with van der Waals surface area (Å²) >= 11 is 0. The average Bonchev–Trinajstić information content (AvgIpc) is 2.54. The molecular weight excluding hydrogens is 282 g/mol. The standard InChI is InChI=1S/C16H17N3O3/c17-15(20)14(9-13-7-4-8-18-10-13)19-16(21)22-11-12-5-2-1-3-6-12/h1-8,10,14H,9,11H2,(H2,17,20)(H,19,21). The Labute approximate surface area is 128 Å². The highest BCUT2D eigenvalue weighted by Gasteiger charge is 2.19. The van der Waals surface area contributed by atoms with E-state index in [1.165, 1.54) is 0 Å². The van der Waals surface area contributed by atoms with Crippen LogP contribution in [0.2, 0.25) is 0 Å². The summed E-state index contributed by atoms with van der Waals surface area (Å²) in [6.45, 7) is 0.130. The summed E-state index contributed by atoms with van der Waals surface area (Å²) < 4.78 is 5.07. The predicted octanol–water partition coefficient (Wildman–Crippen LogP) is 1.40. The van der Waals surface area contributed by atoms with Crippen LogP contribution in [0.25, 0.3) is 0 Å². The molecule has 1 heterocycles. The van der Waals surface area contributed by atoms with E-state index in [4.69, 9.17) is 10.5 Å². The fraction of sp³-hybridized carbons (Fsp3) is 0.188. The van der Waals surface area contributed by atoms with Gasteiger partial charge < -0.3 is 15.8 Å². The molecule has 1 atom stereocenters. The van der Waals surface area contributed by atoms with Crippen molar-refractivity contribution < 1.29 is 14.3 Å². The van der Waals surface area contributed by atoms with Gasteiger partial charge in [-0.05, 0) is 17.2 Å². The second kappa shape index (κ2) is 7.78. The number of hydrogen-bond donors (Lipinski definition) is 2. The molecule has 2 rings (SSSR count). The molecule has 6 heteroatoms. The van der Waals surface area contributed by atoms with Crippen LogP contribution in [0.15, 0.2) is 54.9 Å². The van der Waals surface area contributed by atoms with Gasteiger partial charge >= 0.3 is 6.09 Å². The van der Waals surface area contributed by atoms with Gasteiger partial charge in [0.15, 0.2) is 0 Å². The fourth-order valence-electron chi connectivity index (χ4n) is 1.88. The monoisotopic (exact) mass is 299 g/mol. The van der Waals surface area contributed by atoms with Crippen molar-refractivity contribution in [3.05, 3.63) is 66.0 Å². The van der Waals surface area contributed by atoms with Crippen LogP contribution in [-0.2, 0) is 22.6 Å². The van der Waals surface area contributed by atoms with Crippen molar-refractivity contribution in [2.24, 2.45) is 5.73 Å². The smallest absolute Gasteiger partial charge is 0.408 e. The molecule has 0 aliphatic heterocycles. The van der Waals surface area contributed by atoms with E-state index in [9.17, 15) is 9.59 Å². The Hall–Kier alpha value is -2.89. The number of carbonyl (C=O) groups is 2. The molecule has 0 aliphatic carbocycles. The van der Waals surface area contributed by atoms with Crippen molar-refractivity contribution in [3.63, 3.8) is 0 Å². The number of rotatable bonds is 6. The normalized spacial score (nSPS) is 11.5. The highest BCUT2D eigenvalue weighted by molar-refractivity contribution is 5.84. The van der Waals surface area contributed by atoms with Crippen LogP contribution < -0.4 is 11.1 Å². The van der Waals surface area contributed by atoms with Crippen LogP contribution in [0.5, 0.6) is 0 Å². The van der Waals surface area contributed by atoms with Gasteiger partial charge in [-0.2, -0.15) is 0 Å². The number of primary amides is 1. The van der Waals surface area contributed by atoms with Gasteiger partial charge in [-0.1, -0.05) is 36.4 Å². The lowest BCUT2D eigenvalue weighted by molar-refractivity contribution is -0.119. The first-order valence-corrected chi connectivity index (χ1v) is 6.80. The van der Waals surface area contributed by atoms with Crippen molar-refractivity contribution in [1.82, 2.24) is 10.3 Å². The summed E-state index contributed by atoms with van der Waals surface area (Å²) in [5, 5.41) is 2.47. The average molecular weight is 299 g/mol. The Kier molecular flexibility index (Phi) is 5.48. The summed E-state index contributed by atoms with van der Waals surface area (Å²) in [5.74, 6) is -0.625. The molecule has 114 valence electrons. The third-order valence-corrected chi connectivity index (χ3v) is 3.01. The molecule has 0 radical (unpaired) electrons. The first-order valence-electron chi connectivity index (χ1n) is 6.80. The van der Waals surface area contributed by atoms with Crippen LogP contribution >= 0.6 is 0 Å². The molecule has 1 aromatic carbocycles. The number of nitrogens with two attached hydrogens (primary N) is 1. The minimum Gasteiger partial charge on any atom is -0.445 e. The molecule has 2 aromatic rings. The Morgan fingerprint density at radius 3 is 2.50 bits per heavy atom. The summed E-state index contributed by atoms with van der Waals surface area (Å²) in [6.07, 6.45) is 2.83. The first kappa shape index (κ1) is 15.5. The highest BCUT2D eigenvalue weighted by Crippen LogP contribution is 2.03. The van der Waals surface area contributed by atoms with E-state index < -0.39 is 18.0 Å². The molecule has 1 unspecified atom stereocenters. The van der Waals surface area contributed by atoms with E-state index in [0.717, 1.165) is 11.1 Å². The predicted molar refractivity (Wildman–Crippen MR) is 80.7 cm³/mol. The van der Waals surface area contributed by atoms with Gasteiger partial charge in [0, 0.05) is 18.8 Å². The van der Waals surface area contributed by atoms with E-state index >= 15 is 0 Å². The van der Waals surface area contributed by atoms with Crippen molar-refractivity contribution in [3.8, 4) is 0 Å². The van der Waals surface area contributed by atoms with Crippen LogP contribution in [-0.4, -0.2) is 23.0 Å². The van der Waals surface area contributed by atoms with Crippen LogP contribution in [0.4, 0.5) is 4.79 Å². The van der Waals surface area contributed by atoms with E-state index in [1.807, 2.05) is 30.3 Å². The van der Waals surface area contributed by atoms with Gasteiger partial charge in [-0.25, -0.2) is 4.79 Å². The third kappa shape index (κ3) is 4.90. The second-order valence-electron chi connectivity index (χ2n) is 4.73. The molecule has 0 saturated carbocycles. The van der Waals surface area contributed by atoms with E-state index in [1.54, 1.807) is 24.5 Å². The highest BCUT2D eigenvalue weighted by atomic mass is 16.5. The topological polar surface area (TPSA) is 94.3 Å². The quantitative estimate of drug-likeness (QED) is 0.843. The number of aromatic nitrogens is 1. The molecule has 0 aliphatic rings. The third-order valence-electron chi connectivity index (χ3n) is 3.01. The van der Waals surface area contributed by atoms with Gasteiger partial charge in [0.05, 0.1) is 0 Å². The molecule has 0 spiro atoms. The summed E-state index contributed by atoms with van der Waals surface area (Å²) in [4.78, 5) is 27.2. The molecule has 2 amide bonds. The Bertz CT molecular complexity index is 617. The van der Waals surface area contributed by atoms with Gasteiger partial charge in [0.1, 0.15) is 12.6 Å². The molecular formula is C16H17N3O3. The van der Waals surface area contributed by atoms with E-state index in [0.29, 0.717) is 0 Å². The Morgan fingerprint density at radius 1 is 1.14 bits per heavy atom. The zero-order valence-corrected chi connectivity index (χ0v) is 11.9. The number of carbonyl (C=O) groups excluding carboxylic acids is 2. The van der Waals surface area contributed by atoms with Crippen molar-refractivity contribution in [2.45, 2.75) is 19.1 Å². The minimum absolute atomic E-state index is 0.130. The van der Waals surface area contributed by atoms with Crippen molar-refractivity contribution in [2.75, 3.05) is 0 Å². The number of ether oxygens (including phenoxy) is 1. The number of nitrogens with one attached hydrogen (secondary N) is 1. The number of nitrogens with zero attached hydrogens (tertiary/aromatic N) is 1. The van der Waals surface area contributed by atoms with Gasteiger partial charge in [0.2, 0.25) is 5.91 Å². The van der Waals surface area contributed by atoms with Gasteiger partial charge in [-0.15, -0.1) is 0 Å². The lowest BCUT2D eigenvalue weighted by Crippen LogP contribution is -2.46. The number of pyridine rings is 1. The first-order chi connectivity index (χ1) is 10.6. The van der Waals surface area contributed by atoms with Crippen LogP contribution in [0, 0.1) is 0 Å². The summed E-state index contributed by atoms with van der Waals surface area (Å²) in [7, 11) is 0.